The molecule has 0 aromatic heterocycles. The van der Waals surface area contributed by atoms with Crippen molar-refractivity contribution in [2.45, 2.75) is 13.1 Å². The largest absolute Gasteiger partial charge is 0.463 e. The molecule has 0 fully saturated rings. The summed E-state index contributed by atoms with van der Waals surface area (Å²) in [7, 11) is 0. The van der Waals surface area contributed by atoms with E-state index in [4.69, 9.17) is 0 Å². The first kappa shape index (κ1) is 13.8. The number of hydrogen-bond acceptors (Lipinski definition) is 3. The predicted molar refractivity (Wildman–Crippen MR) is 60.0 cm³/mol. The van der Waals surface area contributed by atoms with Crippen molar-refractivity contribution >= 4 is 27.7 Å². The molecule has 1 aromatic carbocycles. The van der Waals surface area contributed by atoms with Crippen molar-refractivity contribution in [1.29, 1.82) is 0 Å². The standard InChI is InChI=1S/C11H9BrF2O3/c1-2-17-11(16)9(14)10(15)7-4-3-6(13)5-8(7)12/h3-5,9H,2H2,1H3. The van der Waals surface area contributed by atoms with Crippen molar-refractivity contribution in [2.75, 3.05) is 6.61 Å². The highest BCUT2D eigenvalue weighted by atomic mass is 79.9. The lowest BCUT2D eigenvalue weighted by atomic mass is 10.1. The SMILES string of the molecule is CCOC(=O)C(F)C(=O)c1ccc(F)cc1Br. The van der Waals surface area contributed by atoms with Gasteiger partial charge in [0.2, 0.25) is 5.78 Å². The third-order valence-electron chi connectivity index (χ3n) is 1.92. The second-order valence-electron chi connectivity index (χ2n) is 3.10. The molecule has 6 heteroatoms. The summed E-state index contributed by atoms with van der Waals surface area (Å²) in [6, 6.07) is 3.13. The van der Waals surface area contributed by atoms with Gasteiger partial charge in [-0.3, -0.25) is 4.79 Å². The Morgan fingerprint density at radius 2 is 2.12 bits per heavy atom. The van der Waals surface area contributed by atoms with Crippen LogP contribution in [0.4, 0.5) is 8.78 Å². The molecule has 0 amide bonds. The average Bonchev–Trinajstić information content (AvgIpc) is 2.27. The van der Waals surface area contributed by atoms with Crippen LogP contribution in [0.5, 0.6) is 0 Å². The van der Waals surface area contributed by atoms with Gasteiger partial charge >= 0.3 is 5.97 Å². The number of halogens is 3. The quantitative estimate of drug-likeness (QED) is 0.488. The number of rotatable bonds is 4. The fraction of sp³-hybridized carbons (Fsp3) is 0.273. The van der Waals surface area contributed by atoms with Crippen molar-refractivity contribution in [3.8, 4) is 0 Å². The van der Waals surface area contributed by atoms with Crippen LogP contribution in [-0.2, 0) is 9.53 Å². The Hall–Kier alpha value is -1.30. The number of Topliss-reactive ketones (excluding diaryl/α,β-unsaturated/α-hetero) is 1. The van der Waals surface area contributed by atoms with E-state index in [-0.39, 0.29) is 16.6 Å². The third kappa shape index (κ3) is 3.33. The molecule has 17 heavy (non-hydrogen) atoms. The summed E-state index contributed by atoms with van der Waals surface area (Å²) in [6.07, 6.45) is -2.39. The number of hydrogen-bond donors (Lipinski definition) is 0. The van der Waals surface area contributed by atoms with E-state index in [9.17, 15) is 18.4 Å². The highest BCUT2D eigenvalue weighted by Crippen LogP contribution is 2.20. The van der Waals surface area contributed by atoms with Crippen molar-refractivity contribution < 1.29 is 23.1 Å². The second-order valence-corrected chi connectivity index (χ2v) is 3.96. The molecule has 0 spiro atoms. The summed E-state index contributed by atoms with van der Waals surface area (Å²) in [5.41, 5.74) is -0.105. The summed E-state index contributed by atoms with van der Waals surface area (Å²) in [5, 5.41) is 0. The van der Waals surface area contributed by atoms with Crippen molar-refractivity contribution in [1.82, 2.24) is 0 Å². The van der Waals surface area contributed by atoms with Crippen LogP contribution in [0.25, 0.3) is 0 Å². The molecule has 0 aliphatic heterocycles. The summed E-state index contributed by atoms with van der Waals surface area (Å²) >= 11 is 2.92. The molecule has 0 bridgehead atoms. The van der Waals surface area contributed by atoms with Gasteiger partial charge in [-0.15, -0.1) is 0 Å². The van der Waals surface area contributed by atoms with Crippen LogP contribution in [-0.4, -0.2) is 24.5 Å². The predicted octanol–water partition coefficient (Wildman–Crippen LogP) is 2.67. The lowest BCUT2D eigenvalue weighted by molar-refractivity contribution is -0.147. The fourth-order valence-electron chi connectivity index (χ4n) is 1.15. The molecule has 0 saturated carbocycles. The Morgan fingerprint density at radius 3 is 2.65 bits per heavy atom. The third-order valence-corrected chi connectivity index (χ3v) is 2.58. The molecule has 0 aliphatic carbocycles. The Morgan fingerprint density at radius 1 is 1.47 bits per heavy atom. The van der Waals surface area contributed by atoms with E-state index in [0.29, 0.717) is 0 Å². The summed E-state index contributed by atoms with van der Waals surface area (Å²) in [5.74, 6) is -2.87. The molecule has 1 atom stereocenters. The highest BCUT2D eigenvalue weighted by molar-refractivity contribution is 9.10. The molecule has 1 unspecified atom stereocenters. The summed E-state index contributed by atoms with van der Waals surface area (Å²) < 4.78 is 30.6. The van der Waals surface area contributed by atoms with E-state index in [1.54, 1.807) is 0 Å². The zero-order chi connectivity index (χ0) is 13.0. The number of alkyl halides is 1. The maximum Gasteiger partial charge on any atom is 0.349 e. The van der Waals surface area contributed by atoms with Crippen LogP contribution >= 0.6 is 15.9 Å². The van der Waals surface area contributed by atoms with Gasteiger partial charge < -0.3 is 4.74 Å². The van der Waals surface area contributed by atoms with Crippen molar-refractivity contribution in [3.05, 3.63) is 34.1 Å². The molecule has 0 heterocycles. The van der Waals surface area contributed by atoms with E-state index in [0.717, 1.165) is 18.2 Å². The molecule has 0 radical (unpaired) electrons. The molecule has 1 rings (SSSR count). The van der Waals surface area contributed by atoms with E-state index in [2.05, 4.69) is 20.7 Å². The molecule has 0 N–H and O–H groups in total. The number of carbonyl (C=O) groups excluding carboxylic acids is 2. The van der Waals surface area contributed by atoms with E-state index in [1.807, 2.05) is 0 Å². The van der Waals surface area contributed by atoms with Gasteiger partial charge in [-0.1, -0.05) is 0 Å². The van der Waals surface area contributed by atoms with Gasteiger partial charge in [0.25, 0.3) is 6.17 Å². The van der Waals surface area contributed by atoms with Gasteiger partial charge in [-0.25, -0.2) is 13.6 Å². The normalized spacial score (nSPS) is 12.0. The van der Waals surface area contributed by atoms with Crippen LogP contribution in [0.2, 0.25) is 0 Å². The van der Waals surface area contributed by atoms with Crippen molar-refractivity contribution in [3.63, 3.8) is 0 Å². The van der Waals surface area contributed by atoms with Gasteiger partial charge in [0.15, 0.2) is 0 Å². The molecular formula is C11H9BrF2O3. The molecule has 3 nitrogen and oxygen atoms in total. The van der Waals surface area contributed by atoms with Crippen LogP contribution < -0.4 is 0 Å². The molecule has 1 aromatic rings. The second kappa shape index (κ2) is 5.86. The monoisotopic (exact) mass is 306 g/mol. The van der Waals surface area contributed by atoms with Gasteiger partial charge in [0.1, 0.15) is 5.82 Å². The van der Waals surface area contributed by atoms with Gasteiger partial charge in [-0.2, -0.15) is 0 Å². The average molecular weight is 307 g/mol. The van der Waals surface area contributed by atoms with Crippen LogP contribution in [0.1, 0.15) is 17.3 Å². The highest BCUT2D eigenvalue weighted by Gasteiger charge is 2.29. The van der Waals surface area contributed by atoms with Gasteiger partial charge in [-0.05, 0) is 41.1 Å². The first-order valence-corrected chi connectivity index (χ1v) is 5.56. The number of ether oxygens (including phenoxy) is 1. The first-order chi connectivity index (χ1) is 7.97. The minimum Gasteiger partial charge on any atom is -0.463 e. The van der Waals surface area contributed by atoms with Crippen LogP contribution in [0, 0.1) is 5.82 Å². The number of ketones is 1. The lowest BCUT2D eigenvalue weighted by Gasteiger charge is -2.08. The fourth-order valence-corrected chi connectivity index (χ4v) is 1.69. The topological polar surface area (TPSA) is 43.4 Å². The van der Waals surface area contributed by atoms with Gasteiger partial charge in [0, 0.05) is 10.0 Å². The zero-order valence-electron chi connectivity index (χ0n) is 8.88. The summed E-state index contributed by atoms with van der Waals surface area (Å²) in [6.45, 7) is 1.49. The maximum absolute atomic E-state index is 13.4. The minimum absolute atomic E-state index is 0.0167. The number of carbonyl (C=O) groups is 2. The molecule has 0 saturated heterocycles. The van der Waals surface area contributed by atoms with E-state index in [1.165, 1.54) is 6.92 Å². The van der Waals surface area contributed by atoms with Crippen LogP contribution in [0.15, 0.2) is 22.7 Å². The Labute approximate surface area is 105 Å². The minimum atomic E-state index is -2.39. The number of esters is 1. The first-order valence-electron chi connectivity index (χ1n) is 4.77. The lowest BCUT2D eigenvalue weighted by Crippen LogP contribution is -2.28. The Kier molecular flexibility index (Phi) is 4.74. The Balaban J connectivity index is 2.92. The maximum atomic E-state index is 13.4. The van der Waals surface area contributed by atoms with Crippen molar-refractivity contribution in [2.24, 2.45) is 0 Å². The van der Waals surface area contributed by atoms with E-state index < -0.39 is 23.7 Å². The molecule has 92 valence electrons. The molecular weight excluding hydrogens is 298 g/mol. The van der Waals surface area contributed by atoms with Gasteiger partial charge in [0.05, 0.1) is 6.61 Å². The number of benzene rings is 1. The Bertz CT molecular complexity index is 448. The van der Waals surface area contributed by atoms with Crippen LogP contribution in [0.3, 0.4) is 0 Å². The summed E-state index contributed by atoms with van der Waals surface area (Å²) in [4.78, 5) is 22.6. The van der Waals surface area contributed by atoms with E-state index >= 15 is 0 Å². The zero-order valence-corrected chi connectivity index (χ0v) is 10.5. The molecule has 0 aliphatic rings. The smallest absolute Gasteiger partial charge is 0.349 e.